The first-order valence-corrected chi connectivity index (χ1v) is 12.5. The number of rotatable bonds is 4. The Morgan fingerprint density at radius 1 is 1.14 bits per heavy atom. The Kier molecular flexibility index (Phi) is 7.23. The van der Waals surface area contributed by atoms with E-state index in [2.05, 4.69) is 24.5 Å². The Morgan fingerprint density at radius 2 is 1.96 bits per heavy atom. The molecule has 162 valence electrons. The van der Waals surface area contributed by atoms with Gasteiger partial charge in [0.15, 0.2) is 15.8 Å². The van der Waals surface area contributed by atoms with Gasteiger partial charge in [0, 0.05) is 25.2 Å². The monoisotopic (exact) mass is 525 g/mol. The second-order valence-corrected chi connectivity index (χ2v) is 12.1. The van der Waals surface area contributed by atoms with Gasteiger partial charge >= 0.3 is 0 Å². The SMILES string of the molecule is CC1(C)CC(NC(=NCC2CCS(=O)(=O)C2)NC2CC3CCC2C3)CCO1.I. The molecule has 0 aromatic rings. The first-order chi connectivity index (χ1) is 12.8. The summed E-state index contributed by atoms with van der Waals surface area (Å²) in [5, 5.41) is 7.37. The molecule has 0 aromatic heterocycles. The minimum Gasteiger partial charge on any atom is -0.375 e. The van der Waals surface area contributed by atoms with E-state index in [1.54, 1.807) is 0 Å². The molecule has 5 atom stereocenters. The number of guanidine groups is 1. The van der Waals surface area contributed by atoms with E-state index in [9.17, 15) is 8.42 Å². The smallest absolute Gasteiger partial charge is 0.191 e. The highest BCUT2D eigenvalue weighted by atomic mass is 127. The van der Waals surface area contributed by atoms with Crippen LogP contribution in [0.25, 0.3) is 0 Å². The summed E-state index contributed by atoms with van der Waals surface area (Å²) < 4.78 is 29.3. The van der Waals surface area contributed by atoms with Gasteiger partial charge in [-0.3, -0.25) is 4.99 Å². The summed E-state index contributed by atoms with van der Waals surface area (Å²) in [5.74, 6) is 3.33. The lowest BCUT2D eigenvalue weighted by Gasteiger charge is -2.37. The fourth-order valence-corrected chi connectivity index (χ4v) is 7.36. The van der Waals surface area contributed by atoms with Gasteiger partial charge in [-0.2, -0.15) is 0 Å². The van der Waals surface area contributed by atoms with Gasteiger partial charge < -0.3 is 15.4 Å². The molecule has 2 N–H and O–H groups in total. The quantitative estimate of drug-likeness (QED) is 0.335. The van der Waals surface area contributed by atoms with Crippen LogP contribution < -0.4 is 10.6 Å². The van der Waals surface area contributed by atoms with Crippen LogP contribution >= 0.6 is 24.0 Å². The molecule has 5 unspecified atom stereocenters. The molecule has 6 nitrogen and oxygen atoms in total. The second-order valence-electron chi connectivity index (χ2n) is 9.83. The van der Waals surface area contributed by atoms with Gasteiger partial charge in [0.25, 0.3) is 0 Å². The summed E-state index contributed by atoms with van der Waals surface area (Å²) in [6.45, 7) is 5.66. The lowest BCUT2D eigenvalue weighted by Crippen LogP contribution is -2.52. The van der Waals surface area contributed by atoms with E-state index in [1.807, 2.05) is 0 Å². The first kappa shape index (κ1) is 22.6. The molecular formula is C20H36IN3O3S. The van der Waals surface area contributed by atoms with Crippen molar-refractivity contribution >= 4 is 39.8 Å². The molecule has 2 bridgehead atoms. The zero-order valence-corrected chi connectivity index (χ0v) is 20.3. The van der Waals surface area contributed by atoms with Crippen molar-refractivity contribution in [2.24, 2.45) is 22.7 Å². The number of sulfone groups is 1. The number of hydrogen-bond acceptors (Lipinski definition) is 4. The highest BCUT2D eigenvalue weighted by Gasteiger charge is 2.40. The molecule has 4 aliphatic rings. The van der Waals surface area contributed by atoms with E-state index in [4.69, 9.17) is 9.73 Å². The Balaban J connectivity index is 0.00000225. The predicted octanol–water partition coefficient (Wildman–Crippen LogP) is 2.72. The van der Waals surface area contributed by atoms with Crippen LogP contribution in [0.15, 0.2) is 4.99 Å². The molecule has 0 radical (unpaired) electrons. The molecule has 28 heavy (non-hydrogen) atoms. The van der Waals surface area contributed by atoms with Crippen LogP contribution in [-0.4, -0.2) is 56.7 Å². The fourth-order valence-electron chi connectivity index (χ4n) is 5.51. The van der Waals surface area contributed by atoms with Gasteiger partial charge in [0.05, 0.1) is 17.1 Å². The van der Waals surface area contributed by atoms with Crippen molar-refractivity contribution in [3.8, 4) is 0 Å². The summed E-state index contributed by atoms with van der Waals surface area (Å²) in [6.07, 6.45) is 8.02. The van der Waals surface area contributed by atoms with E-state index in [0.717, 1.165) is 43.7 Å². The lowest BCUT2D eigenvalue weighted by atomic mass is 9.94. The number of nitrogens with one attached hydrogen (secondary N) is 2. The summed E-state index contributed by atoms with van der Waals surface area (Å²) >= 11 is 0. The van der Waals surface area contributed by atoms with Gasteiger partial charge in [-0.05, 0) is 70.1 Å². The minimum absolute atomic E-state index is 0. The standard InChI is InChI=1S/C20H35N3O3S.HI/c1-20(2)11-17(5-7-26-20)22-19(21-12-15-6-8-27(24,25)13-15)23-18-10-14-3-4-16(18)9-14;/h14-18H,3-13H2,1-2H3,(H2,21,22,23);1H. The Labute approximate surface area is 187 Å². The fraction of sp³-hybridized carbons (Fsp3) is 0.950. The summed E-state index contributed by atoms with van der Waals surface area (Å²) in [5.41, 5.74) is -0.104. The molecule has 2 saturated heterocycles. The molecule has 0 amide bonds. The Bertz CT molecular complexity index is 682. The maximum atomic E-state index is 11.7. The Hall–Kier alpha value is -0.0900. The molecule has 2 aliphatic heterocycles. The Morgan fingerprint density at radius 3 is 2.57 bits per heavy atom. The van der Waals surface area contributed by atoms with E-state index in [0.29, 0.717) is 30.1 Å². The van der Waals surface area contributed by atoms with Crippen LogP contribution in [0.2, 0.25) is 0 Å². The molecule has 2 aliphatic carbocycles. The largest absolute Gasteiger partial charge is 0.375 e. The van der Waals surface area contributed by atoms with Gasteiger partial charge in [-0.15, -0.1) is 24.0 Å². The van der Waals surface area contributed by atoms with E-state index < -0.39 is 9.84 Å². The predicted molar refractivity (Wildman–Crippen MR) is 123 cm³/mol. The third-order valence-corrected chi connectivity index (χ3v) is 8.77. The normalized spacial score (nSPS) is 38.8. The molecule has 0 aromatic carbocycles. The third-order valence-electron chi connectivity index (χ3n) is 6.93. The lowest BCUT2D eigenvalue weighted by molar-refractivity contribution is -0.0605. The van der Waals surface area contributed by atoms with Crippen LogP contribution in [-0.2, 0) is 14.6 Å². The number of nitrogens with zero attached hydrogens (tertiary/aromatic N) is 1. The van der Waals surface area contributed by atoms with Crippen LogP contribution in [0.4, 0.5) is 0 Å². The summed E-state index contributed by atoms with van der Waals surface area (Å²) in [4.78, 5) is 4.85. The van der Waals surface area contributed by atoms with Crippen molar-refractivity contribution in [3.63, 3.8) is 0 Å². The average molecular weight is 525 g/mol. The van der Waals surface area contributed by atoms with Crippen molar-refractivity contribution in [2.45, 2.75) is 76.5 Å². The van der Waals surface area contributed by atoms with Gasteiger partial charge in [0.1, 0.15) is 0 Å². The van der Waals surface area contributed by atoms with Crippen molar-refractivity contribution in [3.05, 3.63) is 0 Å². The van der Waals surface area contributed by atoms with E-state index >= 15 is 0 Å². The number of halogens is 1. The van der Waals surface area contributed by atoms with Crippen molar-refractivity contribution < 1.29 is 13.2 Å². The first-order valence-electron chi connectivity index (χ1n) is 10.7. The van der Waals surface area contributed by atoms with E-state index in [-0.39, 0.29) is 35.5 Å². The third kappa shape index (κ3) is 5.74. The van der Waals surface area contributed by atoms with Crippen LogP contribution in [0.1, 0.15) is 58.8 Å². The zero-order valence-electron chi connectivity index (χ0n) is 17.2. The van der Waals surface area contributed by atoms with Gasteiger partial charge in [-0.1, -0.05) is 6.42 Å². The van der Waals surface area contributed by atoms with E-state index in [1.165, 1.54) is 25.7 Å². The average Bonchev–Trinajstić information content (AvgIpc) is 3.27. The summed E-state index contributed by atoms with van der Waals surface area (Å²) in [6, 6.07) is 0.876. The second kappa shape index (κ2) is 8.96. The maximum absolute atomic E-state index is 11.7. The topological polar surface area (TPSA) is 79.8 Å². The van der Waals surface area contributed by atoms with Crippen LogP contribution in [0, 0.1) is 17.8 Å². The van der Waals surface area contributed by atoms with Crippen LogP contribution in [0.3, 0.4) is 0 Å². The highest BCUT2D eigenvalue weighted by molar-refractivity contribution is 14.0. The molecule has 2 saturated carbocycles. The number of fused-ring (bicyclic) bond motifs is 2. The summed E-state index contributed by atoms with van der Waals surface area (Å²) in [7, 11) is -2.84. The zero-order chi connectivity index (χ0) is 19.1. The molecule has 8 heteroatoms. The molecule has 0 spiro atoms. The van der Waals surface area contributed by atoms with Gasteiger partial charge in [0.2, 0.25) is 0 Å². The number of hydrogen-bond donors (Lipinski definition) is 2. The number of aliphatic imine (C=N–C) groups is 1. The van der Waals surface area contributed by atoms with Crippen molar-refractivity contribution in [1.82, 2.24) is 10.6 Å². The molecular weight excluding hydrogens is 489 g/mol. The molecule has 4 rings (SSSR count). The maximum Gasteiger partial charge on any atom is 0.191 e. The molecule has 2 heterocycles. The van der Waals surface area contributed by atoms with Crippen LogP contribution in [0.5, 0.6) is 0 Å². The van der Waals surface area contributed by atoms with Crippen molar-refractivity contribution in [2.75, 3.05) is 24.7 Å². The van der Waals surface area contributed by atoms with Gasteiger partial charge in [-0.25, -0.2) is 8.42 Å². The van der Waals surface area contributed by atoms with Crippen molar-refractivity contribution in [1.29, 1.82) is 0 Å². The highest BCUT2D eigenvalue weighted by Crippen LogP contribution is 2.44. The number of ether oxygens (including phenoxy) is 1. The minimum atomic E-state index is -2.84. The molecule has 4 fully saturated rings.